The second-order valence-corrected chi connectivity index (χ2v) is 0. The van der Waals surface area contributed by atoms with E-state index in [1.165, 1.54) is 0 Å². The van der Waals surface area contributed by atoms with Crippen molar-refractivity contribution in [3.63, 3.8) is 0 Å². The second-order valence-electron chi connectivity index (χ2n) is 0. The first-order valence-corrected chi connectivity index (χ1v) is 0. The van der Waals surface area contributed by atoms with Crippen molar-refractivity contribution in [2.45, 2.75) is 0 Å². The first kappa shape index (κ1) is 111. The van der Waals surface area contributed by atoms with Crippen LogP contribution in [0.15, 0.2) is 0 Å². The van der Waals surface area contributed by atoms with Crippen molar-refractivity contribution in [2.24, 2.45) is 0 Å². The second kappa shape index (κ2) is 96.5. The molecule has 0 heterocycles. The molecule has 0 atom stereocenters. The first-order chi connectivity index (χ1) is 0. The molecular weight excluding hydrogens is 673 g/mol. The Hall–Kier alpha value is 10.1. The predicted octanol–water partition coefficient (Wildman–Crippen LogP) is -11.4. The minimum atomic E-state index is 0. The van der Waals surface area contributed by atoms with E-state index < -0.39 is 0 Å². The van der Waals surface area contributed by atoms with Gasteiger partial charge < -0.3 is 0 Å². The fourth-order valence-corrected chi connectivity index (χ4v) is 0. The zero-order valence-electron chi connectivity index (χ0n) is 5.00. The van der Waals surface area contributed by atoms with Gasteiger partial charge in [-0.3, -0.25) is 0 Å². The molecule has 0 aromatic carbocycles. The third kappa shape index (κ3) is 87.6. The molecule has 0 aromatic heterocycles. The standard InChI is InChI=1S/8Ga.5Na.24H. The average molecular weight is 697 g/mol. The van der Waals surface area contributed by atoms with Gasteiger partial charge in [-0.15, -0.1) is 0 Å². The van der Waals surface area contributed by atoms with Gasteiger partial charge in [0, 0.05) is 148 Å². The molecule has 0 amide bonds. The van der Waals surface area contributed by atoms with Crippen LogP contribution in [0.5, 0.6) is 0 Å². The summed E-state index contributed by atoms with van der Waals surface area (Å²) < 4.78 is 0. The summed E-state index contributed by atoms with van der Waals surface area (Å²) in [7, 11) is 0. The maximum absolute atomic E-state index is 0. The van der Waals surface area contributed by atoms with Crippen LogP contribution >= 0.6 is 0 Å². The molecule has 13 heteroatoms. The molecule has 0 rings (SSSR count). The molecule has 0 saturated carbocycles. The minimum absolute atomic E-state index is 0. The Morgan fingerprint density at radius 1 is 0.154 bits per heavy atom. The number of rotatable bonds is 0. The van der Waals surface area contributed by atoms with Crippen LogP contribution in [-0.2, 0) is 0 Å². The summed E-state index contributed by atoms with van der Waals surface area (Å²) in [4.78, 5) is 0. The van der Waals surface area contributed by atoms with Crippen molar-refractivity contribution < 1.29 is 0 Å². The van der Waals surface area contributed by atoms with Gasteiger partial charge in [-0.2, -0.15) is 0 Å². The quantitative estimate of drug-likeness (QED) is 0.221. The van der Waals surface area contributed by atoms with Crippen LogP contribution in [-0.4, -0.2) is 306 Å². The molecular formula is H24Ga8Na5. The maximum Gasteiger partial charge on any atom is 0 e. The Bertz CT molecular complexity index is 12.5. The predicted molar refractivity (Wildman–Crippen MR) is 108 cm³/mol. The Labute approximate surface area is 297 Å². The fourth-order valence-electron chi connectivity index (χ4n) is 0. The average Bonchev–Trinajstić information content (AvgIpc) is 0. The van der Waals surface area contributed by atoms with E-state index in [4.69, 9.17) is 0 Å². The van der Waals surface area contributed by atoms with Crippen molar-refractivity contribution in [3.05, 3.63) is 0 Å². The summed E-state index contributed by atoms with van der Waals surface area (Å²) in [5.74, 6) is 0. The molecule has 0 aliphatic rings. The van der Waals surface area contributed by atoms with E-state index in [-0.39, 0.29) is 306 Å². The largest absolute Gasteiger partial charge is 0 e. The normalized spacial score (nSPS) is 0. The molecule has 0 saturated heterocycles. The third-order valence-corrected chi connectivity index (χ3v) is 0. The van der Waals surface area contributed by atoms with Crippen LogP contribution in [0.3, 0.4) is 0 Å². The zero-order valence-corrected chi connectivity index (χ0v) is 15.0. The van der Waals surface area contributed by atoms with Gasteiger partial charge >= 0.3 is 158 Å². The van der Waals surface area contributed by atoms with Gasteiger partial charge in [-0.1, -0.05) is 0 Å². The minimum Gasteiger partial charge on any atom is 0 e. The van der Waals surface area contributed by atoms with Gasteiger partial charge in [-0.05, 0) is 0 Å². The van der Waals surface area contributed by atoms with E-state index in [9.17, 15) is 0 Å². The van der Waals surface area contributed by atoms with Gasteiger partial charge in [0.1, 0.15) is 0 Å². The van der Waals surface area contributed by atoms with Crippen LogP contribution < -0.4 is 0 Å². The fraction of sp³-hybridized carbons (Fsp3) is 0. The van der Waals surface area contributed by atoms with Crippen molar-refractivity contribution in [2.75, 3.05) is 0 Å². The molecule has 0 unspecified atom stereocenters. The van der Waals surface area contributed by atoms with Crippen LogP contribution in [0.4, 0.5) is 0 Å². The van der Waals surface area contributed by atoms with Crippen molar-refractivity contribution in [1.29, 1.82) is 0 Å². The van der Waals surface area contributed by atoms with Gasteiger partial charge in [0.25, 0.3) is 0 Å². The van der Waals surface area contributed by atoms with E-state index >= 15 is 0 Å². The molecule has 0 aliphatic heterocycles. The van der Waals surface area contributed by atoms with E-state index in [1.807, 2.05) is 0 Å². The molecule has 0 bridgehead atoms. The van der Waals surface area contributed by atoms with E-state index in [0.717, 1.165) is 0 Å². The van der Waals surface area contributed by atoms with E-state index in [1.54, 1.807) is 0 Å². The topological polar surface area (TPSA) is 0 Å². The van der Waals surface area contributed by atoms with Crippen LogP contribution in [0.1, 0.15) is 0 Å². The molecule has 0 aromatic rings. The van der Waals surface area contributed by atoms with Crippen LogP contribution in [0.25, 0.3) is 0 Å². The van der Waals surface area contributed by atoms with Crippen molar-refractivity contribution in [3.8, 4) is 0 Å². The summed E-state index contributed by atoms with van der Waals surface area (Å²) >= 11 is 0. The Balaban J connectivity index is 0. The van der Waals surface area contributed by atoms with E-state index in [0.29, 0.717) is 0 Å². The third-order valence-electron chi connectivity index (χ3n) is 0. The summed E-state index contributed by atoms with van der Waals surface area (Å²) in [5.41, 5.74) is 0. The maximum atomic E-state index is 0. The molecule has 0 spiro atoms. The molecule has 0 fully saturated rings. The Morgan fingerprint density at radius 3 is 0.154 bits per heavy atom. The zero-order chi connectivity index (χ0) is 0. The number of hydrogen-bond acceptors (Lipinski definition) is 0. The Morgan fingerprint density at radius 2 is 0.154 bits per heavy atom. The molecule has 53 valence electrons. The van der Waals surface area contributed by atoms with E-state index in [2.05, 4.69) is 0 Å². The van der Waals surface area contributed by atoms with Crippen LogP contribution in [0.2, 0.25) is 0 Å². The smallest absolute Gasteiger partial charge is 0 e. The summed E-state index contributed by atoms with van der Waals surface area (Å²) in [6, 6.07) is 0. The van der Waals surface area contributed by atoms with Crippen LogP contribution in [0, 0.1) is 0 Å². The summed E-state index contributed by atoms with van der Waals surface area (Å²) in [6.45, 7) is 0. The summed E-state index contributed by atoms with van der Waals surface area (Å²) in [5, 5.41) is 0. The van der Waals surface area contributed by atoms with Gasteiger partial charge in [0.15, 0.2) is 0 Å². The molecule has 0 nitrogen and oxygen atoms in total. The molecule has 0 aliphatic carbocycles. The number of hydrogen-bond donors (Lipinski definition) is 0. The molecule has 5 radical (unpaired) electrons. The molecule has 0 N–H and O–H groups in total. The van der Waals surface area contributed by atoms with Crippen molar-refractivity contribution in [1.82, 2.24) is 0 Å². The van der Waals surface area contributed by atoms with Gasteiger partial charge in [0.05, 0.1) is 0 Å². The SMILES string of the molecule is [GaH3].[GaH3].[GaH3].[GaH3].[GaH3].[GaH3].[GaH3].[GaH3].[Na].[Na].[Na].[Na].[Na]. The summed E-state index contributed by atoms with van der Waals surface area (Å²) in [6.07, 6.45) is 0. The molecule has 13 heavy (non-hydrogen) atoms. The van der Waals surface area contributed by atoms with Gasteiger partial charge in [0.2, 0.25) is 0 Å². The van der Waals surface area contributed by atoms with Crippen molar-refractivity contribution >= 4 is 306 Å². The monoisotopic (exact) mass is 691 g/mol. The Kier molecular flexibility index (Phi) is 822. The first-order valence-electron chi connectivity index (χ1n) is 0. The van der Waals surface area contributed by atoms with Gasteiger partial charge in [-0.25, -0.2) is 0 Å².